The molecule has 0 fully saturated rings. The van der Waals surface area contributed by atoms with Gasteiger partial charge in [-0.1, -0.05) is 152 Å². The third kappa shape index (κ3) is 5.60. The highest BCUT2D eigenvalue weighted by Gasteiger charge is 2.22. The lowest BCUT2D eigenvalue weighted by molar-refractivity contribution is 0.669. The molecule has 0 aliphatic carbocycles. The van der Waals surface area contributed by atoms with E-state index in [0.29, 0.717) is 0 Å². The summed E-state index contributed by atoms with van der Waals surface area (Å²) >= 11 is 0. The number of hydrogen-bond donors (Lipinski definition) is 0. The first-order valence-corrected chi connectivity index (χ1v) is 19.4. The van der Waals surface area contributed by atoms with E-state index in [1.54, 1.807) is 0 Å². The number of hydrogen-bond acceptors (Lipinski definition) is 2. The zero-order valence-electron chi connectivity index (χ0n) is 31.1. The molecule has 0 aliphatic rings. The lowest BCUT2D eigenvalue weighted by Crippen LogP contribution is -2.12. The van der Waals surface area contributed by atoms with Crippen LogP contribution in [0, 0.1) is 0 Å². The Balaban J connectivity index is 1.18. The third-order valence-electron chi connectivity index (χ3n) is 11.2. The summed E-state index contributed by atoms with van der Waals surface area (Å²) in [7, 11) is 0. The maximum Gasteiger partial charge on any atom is 0.135 e. The maximum atomic E-state index is 6.26. The number of benzene rings is 9. The van der Waals surface area contributed by atoms with Crippen molar-refractivity contribution < 1.29 is 4.42 Å². The van der Waals surface area contributed by atoms with Gasteiger partial charge < -0.3 is 13.9 Å². The normalized spacial score (nSPS) is 11.5. The van der Waals surface area contributed by atoms with Crippen molar-refractivity contribution in [2.24, 2.45) is 0 Å². The van der Waals surface area contributed by atoms with Gasteiger partial charge in [0.1, 0.15) is 11.2 Å². The van der Waals surface area contributed by atoms with Gasteiger partial charge in [0.25, 0.3) is 0 Å². The number of furan rings is 1. The molecular weight excluding hydrogens is 693 g/mol. The van der Waals surface area contributed by atoms with Crippen molar-refractivity contribution in [2.75, 3.05) is 4.90 Å². The van der Waals surface area contributed by atoms with Crippen molar-refractivity contribution in [3.63, 3.8) is 0 Å². The van der Waals surface area contributed by atoms with E-state index in [0.717, 1.165) is 61.3 Å². The number of anilines is 3. The van der Waals surface area contributed by atoms with E-state index in [-0.39, 0.29) is 0 Å². The van der Waals surface area contributed by atoms with E-state index >= 15 is 0 Å². The van der Waals surface area contributed by atoms with E-state index in [1.165, 1.54) is 38.5 Å². The van der Waals surface area contributed by atoms with Gasteiger partial charge in [0.05, 0.1) is 16.7 Å². The number of fused-ring (bicyclic) bond motifs is 6. The second kappa shape index (κ2) is 13.6. The molecule has 2 heterocycles. The van der Waals surface area contributed by atoms with Gasteiger partial charge in [-0.25, -0.2) is 0 Å². The van der Waals surface area contributed by atoms with Crippen LogP contribution < -0.4 is 4.90 Å². The van der Waals surface area contributed by atoms with Gasteiger partial charge >= 0.3 is 0 Å². The molecule has 57 heavy (non-hydrogen) atoms. The number of para-hydroxylation sites is 4. The van der Waals surface area contributed by atoms with Crippen LogP contribution in [0.3, 0.4) is 0 Å². The highest BCUT2D eigenvalue weighted by Crippen LogP contribution is 2.46. The zero-order valence-corrected chi connectivity index (χ0v) is 31.1. The second-order valence-corrected chi connectivity index (χ2v) is 14.5. The van der Waals surface area contributed by atoms with E-state index < -0.39 is 0 Å². The average molecular weight is 729 g/mol. The molecule has 9 aromatic carbocycles. The molecule has 0 atom stereocenters. The molecule has 0 spiro atoms. The van der Waals surface area contributed by atoms with Crippen LogP contribution in [0.25, 0.3) is 82.8 Å². The minimum atomic E-state index is 0.887. The number of aromatic nitrogens is 1. The molecule has 0 saturated carbocycles. The minimum Gasteiger partial charge on any atom is -0.456 e. The molecule has 11 aromatic rings. The summed E-state index contributed by atoms with van der Waals surface area (Å²) < 4.78 is 8.66. The van der Waals surface area contributed by atoms with Gasteiger partial charge in [-0.3, -0.25) is 0 Å². The SMILES string of the molecule is c1ccc(-c2ccc(N(c3ccc4c5ccccc5n(-c5ccccc5)c4c3)c3ccccc3-c3ccc4oc5ccccc5c4c3)cc2-c2ccccc2)cc1. The second-order valence-electron chi connectivity index (χ2n) is 14.5. The minimum absolute atomic E-state index is 0.887. The summed E-state index contributed by atoms with van der Waals surface area (Å²) in [6, 6.07) is 78.3. The Morgan fingerprint density at radius 2 is 0.930 bits per heavy atom. The summed E-state index contributed by atoms with van der Waals surface area (Å²) in [6.45, 7) is 0. The van der Waals surface area contributed by atoms with Gasteiger partial charge in [-0.05, 0) is 94.5 Å². The van der Waals surface area contributed by atoms with E-state index in [9.17, 15) is 0 Å². The molecule has 0 radical (unpaired) electrons. The van der Waals surface area contributed by atoms with Crippen LogP contribution in [0.1, 0.15) is 0 Å². The van der Waals surface area contributed by atoms with Gasteiger partial charge in [0, 0.05) is 44.2 Å². The summed E-state index contributed by atoms with van der Waals surface area (Å²) in [5, 5.41) is 4.67. The molecule has 0 N–H and O–H groups in total. The Morgan fingerprint density at radius 3 is 1.74 bits per heavy atom. The average Bonchev–Trinajstić information content (AvgIpc) is 3.83. The van der Waals surface area contributed by atoms with Gasteiger partial charge in [-0.2, -0.15) is 0 Å². The Kier molecular flexibility index (Phi) is 7.82. The highest BCUT2D eigenvalue weighted by atomic mass is 16.3. The summed E-state index contributed by atoms with van der Waals surface area (Å²) in [5.41, 5.74) is 15.4. The molecule has 3 heteroatoms. The summed E-state index contributed by atoms with van der Waals surface area (Å²) in [5.74, 6) is 0. The lowest BCUT2D eigenvalue weighted by atomic mass is 9.93. The van der Waals surface area contributed by atoms with Crippen molar-refractivity contribution in [1.29, 1.82) is 0 Å². The molecule has 0 bridgehead atoms. The van der Waals surface area contributed by atoms with Crippen LogP contribution in [-0.4, -0.2) is 4.57 Å². The van der Waals surface area contributed by atoms with E-state index in [2.05, 4.69) is 216 Å². The van der Waals surface area contributed by atoms with Crippen molar-refractivity contribution in [3.05, 3.63) is 218 Å². The Hall–Kier alpha value is -7.62. The first-order chi connectivity index (χ1) is 28.3. The molecule has 0 amide bonds. The molecule has 11 rings (SSSR count). The van der Waals surface area contributed by atoms with Crippen LogP contribution in [0.2, 0.25) is 0 Å². The molecular formula is C54H36N2O. The predicted octanol–water partition coefficient (Wildman–Crippen LogP) is 15.2. The topological polar surface area (TPSA) is 21.3 Å². The number of rotatable bonds is 7. The summed E-state index contributed by atoms with van der Waals surface area (Å²) in [6.07, 6.45) is 0. The molecule has 0 saturated heterocycles. The Bertz CT molecular complexity index is 3230. The Morgan fingerprint density at radius 1 is 0.333 bits per heavy atom. The fourth-order valence-corrected chi connectivity index (χ4v) is 8.58. The fourth-order valence-electron chi connectivity index (χ4n) is 8.58. The van der Waals surface area contributed by atoms with E-state index in [4.69, 9.17) is 4.42 Å². The van der Waals surface area contributed by atoms with Crippen molar-refractivity contribution >= 4 is 60.8 Å². The van der Waals surface area contributed by atoms with Crippen LogP contribution in [0.4, 0.5) is 17.1 Å². The van der Waals surface area contributed by atoms with Gasteiger partial charge in [-0.15, -0.1) is 0 Å². The molecule has 0 unspecified atom stereocenters. The van der Waals surface area contributed by atoms with Crippen molar-refractivity contribution in [2.45, 2.75) is 0 Å². The highest BCUT2D eigenvalue weighted by molar-refractivity contribution is 6.11. The first-order valence-electron chi connectivity index (χ1n) is 19.4. The lowest BCUT2D eigenvalue weighted by Gasteiger charge is -2.29. The smallest absolute Gasteiger partial charge is 0.135 e. The van der Waals surface area contributed by atoms with Crippen LogP contribution >= 0.6 is 0 Å². The Labute approximate surface area is 330 Å². The zero-order chi connectivity index (χ0) is 37.7. The largest absolute Gasteiger partial charge is 0.456 e. The van der Waals surface area contributed by atoms with Crippen molar-refractivity contribution in [1.82, 2.24) is 4.57 Å². The maximum absolute atomic E-state index is 6.26. The number of nitrogens with zero attached hydrogens (tertiary/aromatic N) is 2. The molecule has 3 nitrogen and oxygen atoms in total. The molecule has 2 aromatic heterocycles. The molecule has 0 aliphatic heterocycles. The molecule has 268 valence electrons. The summed E-state index contributed by atoms with van der Waals surface area (Å²) in [4.78, 5) is 2.43. The van der Waals surface area contributed by atoms with Gasteiger partial charge in [0.2, 0.25) is 0 Å². The van der Waals surface area contributed by atoms with Crippen LogP contribution in [0.15, 0.2) is 223 Å². The standard InChI is InChI=1S/C54H36N2O/c1-4-16-37(17-5-1)43-31-29-41(35-48(43)38-18-6-2-7-19-38)55(42-30-32-46-45-23-11-14-26-51(45)56(52(46)36-42)40-20-8-3-9-21-40)50-25-13-10-22-44(50)39-28-33-54-49(34-39)47-24-12-15-27-53(47)57-54/h1-36H. The monoisotopic (exact) mass is 728 g/mol. The predicted molar refractivity (Wildman–Crippen MR) is 239 cm³/mol. The first kappa shape index (κ1) is 32.8. The third-order valence-corrected chi connectivity index (χ3v) is 11.2. The van der Waals surface area contributed by atoms with Crippen LogP contribution in [-0.2, 0) is 0 Å². The van der Waals surface area contributed by atoms with Crippen molar-refractivity contribution in [3.8, 4) is 39.1 Å². The quantitative estimate of drug-likeness (QED) is 0.163. The van der Waals surface area contributed by atoms with Gasteiger partial charge in [0.15, 0.2) is 0 Å². The fraction of sp³-hybridized carbons (Fsp3) is 0. The van der Waals surface area contributed by atoms with Crippen LogP contribution in [0.5, 0.6) is 0 Å². The van der Waals surface area contributed by atoms with E-state index in [1.807, 2.05) is 12.1 Å².